The molecule has 1 aromatic rings. The van der Waals surface area contributed by atoms with Gasteiger partial charge in [-0.2, -0.15) is 0 Å². The van der Waals surface area contributed by atoms with Crippen LogP contribution in [0.15, 0.2) is 30.3 Å². The van der Waals surface area contributed by atoms with Gasteiger partial charge in [0.2, 0.25) is 0 Å². The van der Waals surface area contributed by atoms with Gasteiger partial charge in [-0.1, -0.05) is 44.2 Å². The van der Waals surface area contributed by atoms with Gasteiger partial charge in [-0.15, -0.1) is 0 Å². The van der Waals surface area contributed by atoms with E-state index in [4.69, 9.17) is 0 Å². The van der Waals surface area contributed by atoms with Gasteiger partial charge in [0.05, 0.1) is 0 Å². The van der Waals surface area contributed by atoms with E-state index in [1.165, 1.54) is 5.56 Å². The molecule has 1 atom stereocenters. The summed E-state index contributed by atoms with van der Waals surface area (Å²) in [6.45, 7) is 6.15. The molecular formula is C11H19N. The topological polar surface area (TPSA) is 12.0 Å². The van der Waals surface area contributed by atoms with Gasteiger partial charge in [0.25, 0.3) is 0 Å². The lowest BCUT2D eigenvalue weighted by Crippen LogP contribution is -2.11. The van der Waals surface area contributed by atoms with Gasteiger partial charge >= 0.3 is 0 Å². The third-order valence-corrected chi connectivity index (χ3v) is 1.73. The van der Waals surface area contributed by atoms with Crippen LogP contribution >= 0.6 is 0 Å². The van der Waals surface area contributed by atoms with Crippen LogP contribution in [-0.4, -0.2) is 7.05 Å². The SMILES string of the molecule is CC.CN[C@@H](C)c1ccccc1. The Balaban J connectivity index is 0.000000561. The molecule has 0 heterocycles. The second-order valence-electron chi connectivity index (χ2n) is 2.42. The molecule has 0 bridgehead atoms. The molecule has 1 nitrogen and oxygen atoms in total. The van der Waals surface area contributed by atoms with E-state index in [0.29, 0.717) is 6.04 Å². The molecule has 0 unspecified atom stereocenters. The zero-order valence-electron chi connectivity index (χ0n) is 8.46. The van der Waals surface area contributed by atoms with Gasteiger partial charge in [0, 0.05) is 6.04 Å². The van der Waals surface area contributed by atoms with Crippen LogP contribution in [0, 0.1) is 0 Å². The molecule has 12 heavy (non-hydrogen) atoms. The summed E-state index contributed by atoms with van der Waals surface area (Å²) >= 11 is 0. The van der Waals surface area contributed by atoms with E-state index in [2.05, 4.69) is 36.5 Å². The highest BCUT2D eigenvalue weighted by Crippen LogP contribution is 2.09. The van der Waals surface area contributed by atoms with Crippen LogP contribution in [0.25, 0.3) is 0 Å². The fourth-order valence-corrected chi connectivity index (χ4v) is 0.908. The van der Waals surface area contributed by atoms with Gasteiger partial charge in [-0.3, -0.25) is 0 Å². The Morgan fingerprint density at radius 3 is 2.00 bits per heavy atom. The smallest absolute Gasteiger partial charge is 0.0289 e. The number of hydrogen-bond donors (Lipinski definition) is 1. The third-order valence-electron chi connectivity index (χ3n) is 1.73. The van der Waals surface area contributed by atoms with Gasteiger partial charge in [0.1, 0.15) is 0 Å². The Labute approximate surface area is 75.8 Å². The second kappa shape index (κ2) is 6.86. The predicted octanol–water partition coefficient (Wildman–Crippen LogP) is 2.99. The minimum Gasteiger partial charge on any atom is -0.313 e. The highest BCUT2D eigenvalue weighted by molar-refractivity contribution is 5.17. The maximum atomic E-state index is 3.18. The molecule has 1 heteroatoms. The van der Waals surface area contributed by atoms with Gasteiger partial charge in [0.15, 0.2) is 0 Å². The van der Waals surface area contributed by atoms with Crippen LogP contribution < -0.4 is 5.32 Å². The fourth-order valence-electron chi connectivity index (χ4n) is 0.908. The molecule has 0 amide bonds. The van der Waals surface area contributed by atoms with E-state index >= 15 is 0 Å². The van der Waals surface area contributed by atoms with Crippen molar-refractivity contribution in [3.63, 3.8) is 0 Å². The Morgan fingerprint density at radius 1 is 1.08 bits per heavy atom. The first-order valence-corrected chi connectivity index (χ1v) is 4.57. The number of benzene rings is 1. The summed E-state index contributed by atoms with van der Waals surface area (Å²) < 4.78 is 0. The monoisotopic (exact) mass is 165 g/mol. The van der Waals surface area contributed by atoms with E-state index in [1.54, 1.807) is 0 Å². The summed E-state index contributed by atoms with van der Waals surface area (Å²) in [5, 5.41) is 3.18. The molecule has 0 aliphatic heterocycles. The summed E-state index contributed by atoms with van der Waals surface area (Å²) in [7, 11) is 1.97. The van der Waals surface area contributed by atoms with Crippen LogP contribution in [0.5, 0.6) is 0 Å². The van der Waals surface area contributed by atoms with Crippen LogP contribution in [0.1, 0.15) is 32.4 Å². The number of rotatable bonds is 2. The number of nitrogens with one attached hydrogen (secondary N) is 1. The molecule has 0 saturated heterocycles. The molecular weight excluding hydrogens is 146 g/mol. The Hall–Kier alpha value is -0.820. The Kier molecular flexibility index (Phi) is 6.39. The Bertz CT molecular complexity index is 181. The average Bonchev–Trinajstić information content (AvgIpc) is 2.21. The normalized spacial score (nSPS) is 11.3. The van der Waals surface area contributed by atoms with Crippen molar-refractivity contribution in [1.29, 1.82) is 0 Å². The van der Waals surface area contributed by atoms with Crippen LogP contribution in [-0.2, 0) is 0 Å². The molecule has 0 aromatic heterocycles. The van der Waals surface area contributed by atoms with E-state index in [1.807, 2.05) is 27.0 Å². The van der Waals surface area contributed by atoms with Crippen molar-refractivity contribution in [2.45, 2.75) is 26.8 Å². The van der Waals surface area contributed by atoms with E-state index < -0.39 is 0 Å². The summed E-state index contributed by atoms with van der Waals surface area (Å²) in [4.78, 5) is 0. The van der Waals surface area contributed by atoms with E-state index in [9.17, 15) is 0 Å². The molecule has 0 radical (unpaired) electrons. The minimum absolute atomic E-state index is 0.459. The Morgan fingerprint density at radius 2 is 1.58 bits per heavy atom. The maximum absolute atomic E-state index is 3.18. The summed E-state index contributed by atoms with van der Waals surface area (Å²) in [5.74, 6) is 0. The molecule has 0 aliphatic rings. The second-order valence-corrected chi connectivity index (χ2v) is 2.42. The molecule has 0 aliphatic carbocycles. The van der Waals surface area contributed by atoms with E-state index in [0.717, 1.165) is 0 Å². The van der Waals surface area contributed by atoms with Crippen molar-refractivity contribution in [2.75, 3.05) is 7.05 Å². The van der Waals surface area contributed by atoms with Crippen LogP contribution in [0.2, 0.25) is 0 Å². The molecule has 1 N–H and O–H groups in total. The van der Waals surface area contributed by atoms with Crippen molar-refractivity contribution in [2.24, 2.45) is 0 Å². The molecule has 0 saturated carbocycles. The zero-order valence-corrected chi connectivity index (χ0v) is 8.46. The lowest BCUT2D eigenvalue weighted by Gasteiger charge is -2.08. The van der Waals surface area contributed by atoms with Crippen LogP contribution in [0.3, 0.4) is 0 Å². The first-order chi connectivity index (χ1) is 5.84. The molecule has 1 aromatic carbocycles. The summed E-state index contributed by atoms with van der Waals surface area (Å²) in [6.07, 6.45) is 0. The predicted molar refractivity (Wildman–Crippen MR) is 55.3 cm³/mol. The maximum Gasteiger partial charge on any atom is 0.0289 e. The average molecular weight is 165 g/mol. The molecule has 0 spiro atoms. The number of hydrogen-bond acceptors (Lipinski definition) is 1. The van der Waals surface area contributed by atoms with Crippen molar-refractivity contribution < 1.29 is 0 Å². The lowest BCUT2D eigenvalue weighted by atomic mass is 10.1. The minimum atomic E-state index is 0.459. The molecule has 0 fully saturated rings. The summed E-state index contributed by atoms with van der Waals surface area (Å²) in [5.41, 5.74) is 1.34. The van der Waals surface area contributed by atoms with Crippen molar-refractivity contribution >= 4 is 0 Å². The summed E-state index contributed by atoms with van der Waals surface area (Å²) in [6, 6.07) is 10.9. The highest BCUT2D eigenvalue weighted by atomic mass is 14.8. The standard InChI is InChI=1S/C9H13N.C2H6/c1-8(10-2)9-6-4-3-5-7-9;1-2/h3-8,10H,1-2H3;1-2H3/t8-;/m0./s1. The fraction of sp³-hybridized carbons (Fsp3) is 0.455. The van der Waals surface area contributed by atoms with Crippen molar-refractivity contribution in [3.8, 4) is 0 Å². The van der Waals surface area contributed by atoms with Gasteiger partial charge in [-0.05, 0) is 19.5 Å². The quantitative estimate of drug-likeness (QED) is 0.710. The first-order valence-electron chi connectivity index (χ1n) is 4.57. The lowest BCUT2D eigenvalue weighted by molar-refractivity contribution is 0.652. The van der Waals surface area contributed by atoms with Gasteiger partial charge < -0.3 is 5.32 Å². The molecule has 68 valence electrons. The van der Waals surface area contributed by atoms with Crippen molar-refractivity contribution in [1.82, 2.24) is 5.32 Å². The van der Waals surface area contributed by atoms with Crippen molar-refractivity contribution in [3.05, 3.63) is 35.9 Å². The highest BCUT2D eigenvalue weighted by Gasteiger charge is 1.97. The largest absolute Gasteiger partial charge is 0.313 e. The third kappa shape index (κ3) is 3.54. The molecule has 1 rings (SSSR count). The van der Waals surface area contributed by atoms with Gasteiger partial charge in [-0.25, -0.2) is 0 Å². The first kappa shape index (κ1) is 11.2. The zero-order chi connectivity index (χ0) is 9.40. The van der Waals surface area contributed by atoms with E-state index in [-0.39, 0.29) is 0 Å². The van der Waals surface area contributed by atoms with Crippen LogP contribution in [0.4, 0.5) is 0 Å².